The van der Waals surface area contributed by atoms with Crippen molar-refractivity contribution >= 4 is 11.9 Å². The summed E-state index contributed by atoms with van der Waals surface area (Å²) in [6.07, 6.45) is 4.61. The second-order valence-corrected chi connectivity index (χ2v) is 5.93. The maximum absolute atomic E-state index is 12.4. The molecular formula is C15H20N2O3. The van der Waals surface area contributed by atoms with Gasteiger partial charge in [0.25, 0.3) is 5.91 Å². The first kappa shape index (κ1) is 14.5. The maximum atomic E-state index is 12.4. The molecule has 0 saturated carbocycles. The molecule has 1 aromatic rings. The highest BCUT2D eigenvalue weighted by atomic mass is 16.6. The van der Waals surface area contributed by atoms with E-state index < -0.39 is 11.6 Å². The van der Waals surface area contributed by atoms with E-state index in [0.29, 0.717) is 18.5 Å². The Morgan fingerprint density at radius 3 is 2.75 bits per heavy atom. The molecule has 1 fully saturated rings. The van der Waals surface area contributed by atoms with Crippen LogP contribution >= 0.6 is 0 Å². The van der Waals surface area contributed by atoms with Gasteiger partial charge in [-0.15, -0.1) is 0 Å². The van der Waals surface area contributed by atoms with Crippen LogP contribution in [0.25, 0.3) is 0 Å². The molecule has 1 amide bonds. The van der Waals surface area contributed by atoms with E-state index in [1.165, 1.54) is 6.20 Å². The van der Waals surface area contributed by atoms with Crippen LogP contribution in [0.2, 0.25) is 0 Å². The lowest BCUT2D eigenvalue weighted by molar-refractivity contribution is -0.159. The summed E-state index contributed by atoms with van der Waals surface area (Å²) in [5, 5.41) is 0. The second kappa shape index (κ2) is 5.61. The summed E-state index contributed by atoms with van der Waals surface area (Å²) in [6.45, 7) is 6.06. The summed E-state index contributed by atoms with van der Waals surface area (Å²) in [6, 6.07) is 2.94. The molecule has 0 aliphatic carbocycles. The van der Waals surface area contributed by atoms with Crippen LogP contribution in [0.5, 0.6) is 0 Å². The molecule has 5 heteroatoms. The van der Waals surface area contributed by atoms with Gasteiger partial charge >= 0.3 is 5.97 Å². The molecule has 20 heavy (non-hydrogen) atoms. The Bertz CT molecular complexity index is 494. The summed E-state index contributed by atoms with van der Waals surface area (Å²) in [5.41, 5.74) is -0.0363. The van der Waals surface area contributed by atoms with Crippen molar-refractivity contribution in [2.75, 3.05) is 6.54 Å². The Morgan fingerprint density at radius 2 is 2.15 bits per heavy atom. The summed E-state index contributed by atoms with van der Waals surface area (Å²) in [5.74, 6) is -0.487. The van der Waals surface area contributed by atoms with Crippen LogP contribution < -0.4 is 0 Å². The quantitative estimate of drug-likeness (QED) is 0.775. The number of hydrogen-bond donors (Lipinski definition) is 0. The van der Waals surface area contributed by atoms with Crippen LogP contribution in [-0.4, -0.2) is 39.9 Å². The number of hydrogen-bond acceptors (Lipinski definition) is 4. The number of likely N-dealkylation sites (tertiary alicyclic amines) is 1. The average molecular weight is 276 g/mol. The molecule has 0 unspecified atom stereocenters. The standard InChI is InChI=1S/C15H20N2O3/c1-15(2,3)20-14(19)12-7-5-9-17(12)13(18)11-6-4-8-16-10-11/h4,6,8,10,12H,5,7,9H2,1-3H3/t12-/m0/s1. The summed E-state index contributed by atoms with van der Waals surface area (Å²) in [7, 11) is 0. The van der Waals surface area contributed by atoms with Crippen molar-refractivity contribution in [2.24, 2.45) is 0 Å². The molecular weight excluding hydrogens is 256 g/mol. The Balaban J connectivity index is 2.11. The Hall–Kier alpha value is -1.91. The zero-order chi connectivity index (χ0) is 14.8. The molecule has 1 saturated heterocycles. The zero-order valence-electron chi connectivity index (χ0n) is 12.1. The van der Waals surface area contributed by atoms with Crippen LogP contribution in [0.3, 0.4) is 0 Å². The molecule has 5 nitrogen and oxygen atoms in total. The highest BCUT2D eigenvalue weighted by Gasteiger charge is 2.37. The van der Waals surface area contributed by atoms with Crippen LogP contribution in [0, 0.1) is 0 Å². The van der Waals surface area contributed by atoms with Gasteiger partial charge in [0.2, 0.25) is 0 Å². The Kier molecular flexibility index (Phi) is 4.06. The number of esters is 1. The molecule has 0 spiro atoms. The monoisotopic (exact) mass is 276 g/mol. The van der Waals surface area contributed by atoms with E-state index in [9.17, 15) is 9.59 Å². The van der Waals surface area contributed by atoms with Crippen molar-refractivity contribution in [1.29, 1.82) is 0 Å². The lowest BCUT2D eigenvalue weighted by Crippen LogP contribution is -2.43. The van der Waals surface area contributed by atoms with E-state index >= 15 is 0 Å². The van der Waals surface area contributed by atoms with E-state index in [1.54, 1.807) is 23.2 Å². The minimum absolute atomic E-state index is 0.161. The van der Waals surface area contributed by atoms with Crippen LogP contribution in [0.4, 0.5) is 0 Å². The van der Waals surface area contributed by atoms with E-state index in [-0.39, 0.29) is 11.9 Å². The first-order valence-corrected chi connectivity index (χ1v) is 6.82. The summed E-state index contributed by atoms with van der Waals surface area (Å²) in [4.78, 5) is 30.1. The third kappa shape index (κ3) is 3.35. The van der Waals surface area contributed by atoms with Gasteiger partial charge in [0, 0.05) is 18.9 Å². The third-order valence-electron chi connectivity index (χ3n) is 3.10. The normalized spacial score (nSPS) is 18.9. The minimum Gasteiger partial charge on any atom is -0.458 e. The van der Waals surface area contributed by atoms with E-state index in [1.807, 2.05) is 20.8 Å². The topological polar surface area (TPSA) is 59.5 Å². The number of pyridine rings is 1. The molecule has 0 radical (unpaired) electrons. The second-order valence-electron chi connectivity index (χ2n) is 5.93. The summed E-state index contributed by atoms with van der Waals surface area (Å²) < 4.78 is 5.39. The number of ether oxygens (including phenoxy) is 1. The van der Waals surface area contributed by atoms with E-state index in [4.69, 9.17) is 4.74 Å². The van der Waals surface area contributed by atoms with E-state index in [0.717, 1.165) is 6.42 Å². The van der Waals surface area contributed by atoms with Crippen LogP contribution in [-0.2, 0) is 9.53 Å². The van der Waals surface area contributed by atoms with Crippen molar-refractivity contribution < 1.29 is 14.3 Å². The lowest BCUT2D eigenvalue weighted by Gasteiger charge is -2.27. The molecule has 1 aromatic heterocycles. The van der Waals surface area contributed by atoms with E-state index in [2.05, 4.69) is 4.98 Å². The molecule has 1 atom stereocenters. The highest BCUT2D eigenvalue weighted by Crippen LogP contribution is 2.23. The van der Waals surface area contributed by atoms with Crippen molar-refractivity contribution in [3.05, 3.63) is 30.1 Å². The fourth-order valence-corrected chi connectivity index (χ4v) is 2.28. The Morgan fingerprint density at radius 1 is 1.40 bits per heavy atom. The lowest BCUT2D eigenvalue weighted by atomic mass is 10.1. The van der Waals surface area contributed by atoms with Gasteiger partial charge in [0.05, 0.1) is 5.56 Å². The fourth-order valence-electron chi connectivity index (χ4n) is 2.28. The van der Waals surface area contributed by atoms with Crippen molar-refractivity contribution in [1.82, 2.24) is 9.88 Å². The van der Waals surface area contributed by atoms with Gasteiger partial charge in [-0.25, -0.2) is 4.79 Å². The smallest absolute Gasteiger partial charge is 0.329 e. The number of carbonyl (C=O) groups excluding carboxylic acids is 2. The van der Waals surface area contributed by atoms with Crippen molar-refractivity contribution in [3.63, 3.8) is 0 Å². The molecule has 0 aromatic carbocycles. The number of amides is 1. The summed E-state index contributed by atoms with van der Waals surface area (Å²) >= 11 is 0. The van der Waals surface area contributed by atoms with Gasteiger partial charge in [0.1, 0.15) is 11.6 Å². The van der Waals surface area contributed by atoms with Crippen molar-refractivity contribution in [2.45, 2.75) is 45.3 Å². The predicted molar refractivity (Wildman–Crippen MR) is 74.1 cm³/mol. The van der Waals surface area contributed by atoms with Crippen molar-refractivity contribution in [3.8, 4) is 0 Å². The largest absolute Gasteiger partial charge is 0.458 e. The van der Waals surface area contributed by atoms with Gasteiger partial charge in [-0.1, -0.05) is 0 Å². The number of aromatic nitrogens is 1. The number of rotatable bonds is 2. The number of nitrogens with zero attached hydrogens (tertiary/aromatic N) is 2. The van der Waals surface area contributed by atoms with Gasteiger partial charge < -0.3 is 9.64 Å². The van der Waals surface area contributed by atoms with Gasteiger partial charge in [-0.3, -0.25) is 9.78 Å². The first-order valence-electron chi connectivity index (χ1n) is 6.82. The first-order chi connectivity index (χ1) is 9.38. The van der Waals surface area contributed by atoms with Gasteiger partial charge in [-0.05, 0) is 45.7 Å². The Labute approximate surface area is 118 Å². The number of carbonyl (C=O) groups is 2. The van der Waals surface area contributed by atoms with Gasteiger partial charge in [-0.2, -0.15) is 0 Å². The third-order valence-corrected chi connectivity index (χ3v) is 3.10. The van der Waals surface area contributed by atoms with Crippen LogP contribution in [0.1, 0.15) is 44.0 Å². The zero-order valence-corrected chi connectivity index (χ0v) is 12.1. The molecule has 0 bridgehead atoms. The molecule has 108 valence electrons. The van der Waals surface area contributed by atoms with Gasteiger partial charge in [0.15, 0.2) is 0 Å². The molecule has 2 rings (SSSR count). The molecule has 1 aliphatic heterocycles. The SMILES string of the molecule is CC(C)(C)OC(=O)[C@@H]1CCCN1C(=O)c1cccnc1. The highest BCUT2D eigenvalue weighted by molar-refractivity contribution is 5.96. The predicted octanol–water partition coefficient (Wildman–Crippen LogP) is 2.03. The maximum Gasteiger partial charge on any atom is 0.329 e. The molecule has 0 N–H and O–H groups in total. The minimum atomic E-state index is -0.539. The fraction of sp³-hybridized carbons (Fsp3) is 0.533. The molecule has 1 aliphatic rings. The van der Waals surface area contributed by atoms with Crippen LogP contribution in [0.15, 0.2) is 24.5 Å². The molecule has 2 heterocycles. The average Bonchev–Trinajstić information content (AvgIpc) is 2.86.